The summed E-state index contributed by atoms with van der Waals surface area (Å²) in [6.45, 7) is 0.0369. The highest BCUT2D eigenvalue weighted by molar-refractivity contribution is 5.59. The molecular weight excluding hydrogens is 280 g/mol. The van der Waals surface area contributed by atoms with Crippen molar-refractivity contribution in [3.05, 3.63) is 69.3 Å². The first-order valence-electron chi connectivity index (χ1n) is 5.87. The quantitative estimate of drug-likeness (QED) is 0.691. The van der Waals surface area contributed by atoms with E-state index in [1.165, 1.54) is 24.3 Å². The number of halogens is 2. The van der Waals surface area contributed by atoms with Crippen LogP contribution in [0.4, 0.5) is 20.2 Å². The average Bonchev–Trinajstić information content (AvgIpc) is 2.46. The SMILES string of the molecule is N#Cc1ccc(NCc2ccc(F)cc2F)cc1[N+](=O)[O-]. The Morgan fingerprint density at radius 1 is 1.24 bits per heavy atom. The Hall–Kier alpha value is -3.01. The van der Waals surface area contributed by atoms with E-state index in [9.17, 15) is 18.9 Å². The zero-order valence-corrected chi connectivity index (χ0v) is 10.6. The maximum Gasteiger partial charge on any atom is 0.289 e. The number of nitrogens with one attached hydrogen (secondary N) is 1. The summed E-state index contributed by atoms with van der Waals surface area (Å²) >= 11 is 0. The molecule has 1 N–H and O–H groups in total. The number of anilines is 1. The molecule has 2 aromatic rings. The highest BCUT2D eigenvalue weighted by Crippen LogP contribution is 2.23. The smallest absolute Gasteiger partial charge is 0.289 e. The van der Waals surface area contributed by atoms with Crippen molar-refractivity contribution in [2.75, 3.05) is 5.32 Å². The Morgan fingerprint density at radius 2 is 2.00 bits per heavy atom. The summed E-state index contributed by atoms with van der Waals surface area (Å²) in [4.78, 5) is 10.2. The van der Waals surface area contributed by atoms with Gasteiger partial charge in [0.25, 0.3) is 5.69 Å². The zero-order chi connectivity index (χ0) is 15.4. The van der Waals surface area contributed by atoms with Gasteiger partial charge in [-0.2, -0.15) is 5.26 Å². The number of nitrogens with zero attached hydrogens (tertiary/aromatic N) is 2. The molecule has 0 unspecified atom stereocenters. The first-order valence-corrected chi connectivity index (χ1v) is 5.87. The van der Waals surface area contributed by atoms with Gasteiger partial charge in [0.05, 0.1) is 4.92 Å². The topological polar surface area (TPSA) is 79.0 Å². The fourth-order valence-electron chi connectivity index (χ4n) is 1.75. The van der Waals surface area contributed by atoms with Crippen LogP contribution in [-0.4, -0.2) is 4.92 Å². The maximum atomic E-state index is 13.4. The van der Waals surface area contributed by atoms with Crippen LogP contribution < -0.4 is 5.32 Å². The molecule has 0 bridgehead atoms. The van der Waals surface area contributed by atoms with Gasteiger partial charge in [0, 0.05) is 29.9 Å². The van der Waals surface area contributed by atoms with Gasteiger partial charge >= 0.3 is 0 Å². The molecule has 2 aromatic carbocycles. The predicted octanol–water partition coefficient (Wildman–Crippen LogP) is 3.36. The van der Waals surface area contributed by atoms with Crippen LogP contribution in [0.1, 0.15) is 11.1 Å². The van der Waals surface area contributed by atoms with Gasteiger partial charge in [-0.15, -0.1) is 0 Å². The van der Waals surface area contributed by atoms with Crippen molar-refractivity contribution in [1.82, 2.24) is 0 Å². The summed E-state index contributed by atoms with van der Waals surface area (Å²) in [5, 5.41) is 22.4. The van der Waals surface area contributed by atoms with Crippen LogP contribution in [0.2, 0.25) is 0 Å². The van der Waals surface area contributed by atoms with Crippen LogP contribution in [0.25, 0.3) is 0 Å². The minimum absolute atomic E-state index is 0.0369. The molecule has 0 aliphatic rings. The highest BCUT2D eigenvalue weighted by atomic mass is 19.1. The fraction of sp³-hybridized carbons (Fsp3) is 0.0714. The van der Waals surface area contributed by atoms with Crippen molar-refractivity contribution in [2.45, 2.75) is 6.54 Å². The Bertz CT molecular complexity index is 741. The predicted molar refractivity (Wildman–Crippen MR) is 71.5 cm³/mol. The molecule has 0 aliphatic carbocycles. The normalized spacial score (nSPS) is 9.95. The lowest BCUT2D eigenvalue weighted by Crippen LogP contribution is -2.03. The lowest BCUT2D eigenvalue weighted by atomic mass is 10.1. The molecule has 0 saturated carbocycles. The van der Waals surface area contributed by atoms with Gasteiger partial charge in [0.1, 0.15) is 23.3 Å². The lowest BCUT2D eigenvalue weighted by molar-refractivity contribution is -0.385. The van der Waals surface area contributed by atoms with E-state index in [0.717, 1.165) is 12.1 Å². The summed E-state index contributed by atoms with van der Waals surface area (Å²) < 4.78 is 26.2. The maximum absolute atomic E-state index is 13.4. The number of benzene rings is 2. The van der Waals surface area contributed by atoms with Gasteiger partial charge in [-0.3, -0.25) is 10.1 Å². The van der Waals surface area contributed by atoms with E-state index in [1.54, 1.807) is 6.07 Å². The second-order valence-electron chi connectivity index (χ2n) is 4.19. The summed E-state index contributed by atoms with van der Waals surface area (Å²) in [5.74, 6) is -1.38. The molecule has 0 saturated heterocycles. The van der Waals surface area contributed by atoms with E-state index in [4.69, 9.17) is 5.26 Å². The van der Waals surface area contributed by atoms with E-state index >= 15 is 0 Å². The van der Waals surface area contributed by atoms with Crippen LogP contribution >= 0.6 is 0 Å². The molecule has 0 amide bonds. The van der Waals surface area contributed by atoms with Gasteiger partial charge in [-0.1, -0.05) is 6.07 Å². The summed E-state index contributed by atoms with van der Waals surface area (Å²) in [7, 11) is 0. The Kier molecular flexibility index (Phi) is 4.09. The van der Waals surface area contributed by atoms with E-state index < -0.39 is 16.6 Å². The Balaban J connectivity index is 2.19. The molecule has 21 heavy (non-hydrogen) atoms. The second kappa shape index (κ2) is 5.96. The van der Waals surface area contributed by atoms with Crippen LogP contribution in [0.5, 0.6) is 0 Å². The molecule has 0 radical (unpaired) electrons. The Labute approximate surface area is 118 Å². The van der Waals surface area contributed by atoms with Gasteiger partial charge in [-0.25, -0.2) is 8.78 Å². The van der Waals surface area contributed by atoms with Crippen molar-refractivity contribution in [2.24, 2.45) is 0 Å². The molecule has 0 aromatic heterocycles. The van der Waals surface area contributed by atoms with Crippen LogP contribution in [0.15, 0.2) is 36.4 Å². The molecule has 0 fully saturated rings. The number of hydrogen-bond donors (Lipinski definition) is 1. The van der Waals surface area contributed by atoms with Gasteiger partial charge in [0.15, 0.2) is 0 Å². The third-order valence-corrected chi connectivity index (χ3v) is 2.81. The average molecular weight is 289 g/mol. The third kappa shape index (κ3) is 3.30. The molecule has 0 aliphatic heterocycles. The first-order chi connectivity index (χ1) is 10.0. The second-order valence-corrected chi connectivity index (χ2v) is 4.19. The van der Waals surface area contributed by atoms with Crippen molar-refractivity contribution < 1.29 is 13.7 Å². The molecule has 0 atom stereocenters. The molecule has 106 valence electrons. The first kappa shape index (κ1) is 14.4. The molecular formula is C14H9F2N3O2. The van der Waals surface area contributed by atoms with E-state index in [2.05, 4.69) is 5.32 Å². The van der Waals surface area contributed by atoms with Gasteiger partial charge in [-0.05, 0) is 18.2 Å². The minimum atomic E-state index is -0.703. The third-order valence-electron chi connectivity index (χ3n) is 2.81. The van der Waals surface area contributed by atoms with Crippen LogP contribution in [-0.2, 0) is 6.54 Å². The molecule has 0 heterocycles. The summed E-state index contributed by atoms with van der Waals surface area (Å²) in [5.41, 5.74) is 0.202. The number of rotatable bonds is 4. The standard InChI is InChI=1S/C14H9F2N3O2/c15-11-3-1-10(13(16)5-11)8-18-12-4-2-9(7-17)14(6-12)19(20)21/h1-6,18H,8H2. The van der Waals surface area contributed by atoms with Crippen LogP contribution in [0, 0.1) is 33.1 Å². The van der Waals surface area contributed by atoms with E-state index in [-0.39, 0.29) is 23.4 Å². The largest absolute Gasteiger partial charge is 0.381 e. The van der Waals surface area contributed by atoms with Crippen LogP contribution in [0.3, 0.4) is 0 Å². The summed E-state index contributed by atoms with van der Waals surface area (Å²) in [6, 6.07) is 8.88. The molecule has 2 rings (SSSR count). The van der Waals surface area contributed by atoms with Gasteiger partial charge in [0.2, 0.25) is 0 Å². The number of nitriles is 1. The molecule has 5 nitrogen and oxygen atoms in total. The molecule has 0 spiro atoms. The number of nitro benzene ring substituents is 1. The highest BCUT2D eigenvalue weighted by Gasteiger charge is 2.14. The number of hydrogen-bond acceptors (Lipinski definition) is 4. The molecule has 7 heteroatoms. The van der Waals surface area contributed by atoms with Crippen molar-refractivity contribution in [1.29, 1.82) is 5.26 Å². The van der Waals surface area contributed by atoms with Gasteiger partial charge < -0.3 is 5.32 Å². The zero-order valence-electron chi connectivity index (χ0n) is 10.6. The number of nitro groups is 1. The van der Waals surface area contributed by atoms with E-state index in [1.807, 2.05) is 0 Å². The monoisotopic (exact) mass is 289 g/mol. The van der Waals surface area contributed by atoms with E-state index in [0.29, 0.717) is 5.69 Å². The van der Waals surface area contributed by atoms with Crippen molar-refractivity contribution in [3.63, 3.8) is 0 Å². The van der Waals surface area contributed by atoms with Crippen molar-refractivity contribution >= 4 is 11.4 Å². The minimum Gasteiger partial charge on any atom is -0.381 e. The lowest BCUT2D eigenvalue weighted by Gasteiger charge is -2.08. The Morgan fingerprint density at radius 3 is 2.62 bits per heavy atom. The fourth-order valence-corrected chi connectivity index (χ4v) is 1.75. The summed E-state index contributed by atoms with van der Waals surface area (Å²) in [6.07, 6.45) is 0. The van der Waals surface area contributed by atoms with Crippen molar-refractivity contribution in [3.8, 4) is 6.07 Å².